The van der Waals surface area contributed by atoms with Crippen LogP contribution in [-0.4, -0.2) is 40.0 Å². The van der Waals surface area contributed by atoms with E-state index >= 15 is 0 Å². The summed E-state index contributed by atoms with van der Waals surface area (Å²) in [4.78, 5) is 2.20. The first-order valence-corrected chi connectivity index (χ1v) is 9.02. The van der Waals surface area contributed by atoms with Crippen LogP contribution in [0, 0.1) is 4.77 Å². The molecule has 6 heteroatoms. The van der Waals surface area contributed by atoms with Crippen LogP contribution in [0.25, 0.3) is 11.1 Å². The van der Waals surface area contributed by atoms with Gasteiger partial charge < -0.3 is 9.30 Å². The van der Waals surface area contributed by atoms with E-state index in [0.29, 0.717) is 18.0 Å². The summed E-state index contributed by atoms with van der Waals surface area (Å²) < 4.78 is 9.58. The predicted octanol–water partition coefficient (Wildman–Crippen LogP) is 3.82. The van der Waals surface area contributed by atoms with Gasteiger partial charge in [-0.3, -0.25) is 4.90 Å². The standard InChI is InChI=1S/C20H24N4OS/c1-22(16-24-20(26)23(15-21-24)12-13-25-2)14-17-8-10-19(11-9-17)18-6-4-3-5-7-18/h3-11,15H,12-14,16H2,1-2H3. The zero-order valence-electron chi connectivity index (χ0n) is 15.2. The Morgan fingerprint density at radius 2 is 1.73 bits per heavy atom. The predicted molar refractivity (Wildman–Crippen MR) is 106 cm³/mol. The van der Waals surface area contributed by atoms with Crippen LogP contribution in [0.2, 0.25) is 0 Å². The zero-order valence-corrected chi connectivity index (χ0v) is 16.0. The summed E-state index contributed by atoms with van der Waals surface area (Å²) in [6.45, 7) is 2.84. The molecule has 2 aromatic carbocycles. The smallest absolute Gasteiger partial charge is 0.198 e. The summed E-state index contributed by atoms with van der Waals surface area (Å²) in [5.41, 5.74) is 3.73. The molecule has 0 aliphatic carbocycles. The normalized spacial score (nSPS) is 11.2. The Morgan fingerprint density at radius 3 is 2.42 bits per heavy atom. The van der Waals surface area contributed by atoms with Crippen LogP contribution in [0.3, 0.4) is 0 Å². The third-order valence-corrected chi connectivity index (χ3v) is 4.67. The van der Waals surface area contributed by atoms with Crippen molar-refractivity contribution in [2.75, 3.05) is 20.8 Å². The highest BCUT2D eigenvalue weighted by molar-refractivity contribution is 7.71. The molecular formula is C20H24N4OS. The number of methoxy groups -OCH3 is 1. The molecule has 0 aliphatic heterocycles. The van der Waals surface area contributed by atoms with Gasteiger partial charge in [0.05, 0.1) is 13.3 Å². The SMILES string of the molecule is COCCn1cnn(CN(C)Cc2ccc(-c3ccccc3)cc2)c1=S. The Hall–Kier alpha value is -2.28. The van der Waals surface area contributed by atoms with Gasteiger partial charge in [0.1, 0.15) is 6.33 Å². The Bertz CT molecular complexity index is 871. The fraction of sp³-hybridized carbons (Fsp3) is 0.300. The second kappa shape index (κ2) is 8.89. The van der Waals surface area contributed by atoms with Crippen LogP contribution in [-0.2, 0) is 24.5 Å². The van der Waals surface area contributed by atoms with Crippen molar-refractivity contribution in [1.29, 1.82) is 0 Å². The van der Waals surface area contributed by atoms with Crippen LogP contribution in [0.15, 0.2) is 60.9 Å². The summed E-state index contributed by atoms with van der Waals surface area (Å²) in [6, 6.07) is 19.1. The van der Waals surface area contributed by atoms with E-state index in [9.17, 15) is 0 Å². The highest BCUT2D eigenvalue weighted by atomic mass is 32.1. The maximum atomic E-state index is 5.47. The van der Waals surface area contributed by atoms with Crippen molar-refractivity contribution in [2.24, 2.45) is 0 Å². The van der Waals surface area contributed by atoms with Gasteiger partial charge in [0.2, 0.25) is 0 Å². The molecule has 0 N–H and O–H groups in total. The maximum absolute atomic E-state index is 5.47. The lowest BCUT2D eigenvalue weighted by Crippen LogP contribution is -2.22. The van der Waals surface area contributed by atoms with Crippen molar-refractivity contribution >= 4 is 12.2 Å². The highest BCUT2D eigenvalue weighted by Gasteiger charge is 2.06. The fourth-order valence-electron chi connectivity index (χ4n) is 2.84. The van der Waals surface area contributed by atoms with Crippen molar-refractivity contribution in [3.8, 4) is 11.1 Å². The van der Waals surface area contributed by atoms with Gasteiger partial charge in [-0.05, 0) is 36.0 Å². The Labute approximate surface area is 159 Å². The van der Waals surface area contributed by atoms with Gasteiger partial charge in [-0.1, -0.05) is 54.6 Å². The molecule has 0 amide bonds. The van der Waals surface area contributed by atoms with E-state index in [1.165, 1.54) is 16.7 Å². The van der Waals surface area contributed by atoms with Crippen LogP contribution in [0.4, 0.5) is 0 Å². The van der Waals surface area contributed by atoms with Gasteiger partial charge in [-0.2, -0.15) is 5.10 Å². The third-order valence-electron chi connectivity index (χ3n) is 4.22. The number of rotatable bonds is 8. The molecule has 0 aliphatic rings. The molecule has 1 heterocycles. The highest BCUT2D eigenvalue weighted by Crippen LogP contribution is 2.19. The second-order valence-electron chi connectivity index (χ2n) is 6.32. The van der Waals surface area contributed by atoms with E-state index in [4.69, 9.17) is 17.0 Å². The molecule has 0 unspecified atom stereocenters. The minimum atomic E-state index is 0.629. The minimum absolute atomic E-state index is 0.629. The van der Waals surface area contributed by atoms with E-state index in [0.717, 1.165) is 13.1 Å². The van der Waals surface area contributed by atoms with Crippen molar-refractivity contribution in [1.82, 2.24) is 19.2 Å². The lowest BCUT2D eigenvalue weighted by molar-refractivity contribution is 0.186. The number of hydrogen-bond acceptors (Lipinski definition) is 4. The van der Waals surface area contributed by atoms with Gasteiger partial charge in [0, 0.05) is 20.2 Å². The fourth-order valence-corrected chi connectivity index (χ4v) is 3.08. The van der Waals surface area contributed by atoms with Gasteiger partial charge in [0.15, 0.2) is 4.77 Å². The number of nitrogens with zero attached hydrogens (tertiary/aromatic N) is 4. The van der Waals surface area contributed by atoms with Crippen LogP contribution < -0.4 is 0 Å². The molecule has 0 radical (unpaired) electrons. The van der Waals surface area contributed by atoms with Gasteiger partial charge in [0.25, 0.3) is 0 Å². The van der Waals surface area contributed by atoms with E-state index in [2.05, 4.69) is 65.6 Å². The first-order chi connectivity index (χ1) is 12.7. The van der Waals surface area contributed by atoms with Crippen LogP contribution in [0.1, 0.15) is 5.56 Å². The largest absolute Gasteiger partial charge is 0.383 e. The first-order valence-electron chi connectivity index (χ1n) is 8.61. The molecule has 1 aromatic heterocycles. The lowest BCUT2D eigenvalue weighted by atomic mass is 10.0. The summed E-state index contributed by atoms with van der Waals surface area (Å²) >= 11 is 5.47. The minimum Gasteiger partial charge on any atom is -0.383 e. The molecule has 0 atom stereocenters. The molecule has 26 heavy (non-hydrogen) atoms. The molecule has 5 nitrogen and oxygen atoms in total. The van der Waals surface area contributed by atoms with E-state index in [1.54, 1.807) is 13.4 Å². The summed E-state index contributed by atoms with van der Waals surface area (Å²) in [5, 5.41) is 4.38. The zero-order chi connectivity index (χ0) is 18.4. The maximum Gasteiger partial charge on any atom is 0.198 e. The quantitative estimate of drug-likeness (QED) is 0.566. The monoisotopic (exact) mass is 368 g/mol. The van der Waals surface area contributed by atoms with Crippen molar-refractivity contribution < 1.29 is 4.74 Å². The average Bonchev–Trinajstić information content (AvgIpc) is 3.01. The van der Waals surface area contributed by atoms with E-state index in [1.807, 2.05) is 15.3 Å². The van der Waals surface area contributed by atoms with E-state index in [-0.39, 0.29) is 0 Å². The second-order valence-corrected chi connectivity index (χ2v) is 6.68. The molecule has 0 saturated carbocycles. The average molecular weight is 369 g/mol. The van der Waals surface area contributed by atoms with Crippen molar-refractivity contribution in [3.05, 3.63) is 71.3 Å². The third kappa shape index (κ3) is 4.66. The number of ether oxygens (including phenoxy) is 1. The molecule has 0 bridgehead atoms. The Morgan fingerprint density at radius 1 is 1.04 bits per heavy atom. The van der Waals surface area contributed by atoms with Gasteiger partial charge in [-0.25, -0.2) is 4.68 Å². The topological polar surface area (TPSA) is 35.2 Å². The van der Waals surface area contributed by atoms with Gasteiger partial charge >= 0.3 is 0 Å². The number of hydrogen-bond donors (Lipinski definition) is 0. The number of benzene rings is 2. The lowest BCUT2D eigenvalue weighted by Gasteiger charge is -2.16. The molecule has 136 valence electrons. The molecule has 0 spiro atoms. The van der Waals surface area contributed by atoms with Gasteiger partial charge in [-0.15, -0.1) is 0 Å². The Kier molecular flexibility index (Phi) is 6.33. The van der Waals surface area contributed by atoms with Crippen molar-refractivity contribution in [3.63, 3.8) is 0 Å². The molecular weight excluding hydrogens is 344 g/mol. The van der Waals surface area contributed by atoms with Crippen LogP contribution in [0.5, 0.6) is 0 Å². The summed E-state index contributed by atoms with van der Waals surface area (Å²) in [7, 11) is 3.76. The van der Waals surface area contributed by atoms with E-state index < -0.39 is 0 Å². The molecule has 0 fully saturated rings. The van der Waals surface area contributed by atoms with Crippen molar-refractivity contribution in [2.45, 2.75) is 19.8 Å². The molecule has 3 aromatic rings. The number of aromatic nitrogens is 3. The molecule has 0 saturated heterocycles. The Balaban J connectivity index is 1.61. The summed E-state index contributed by atoms with van der Waals surface area (Å²) in [6.07, 6.45) is 1.77. The molecule has 3 rings (SSSR count). The first kappa shape index (κ1) is 18.5. The van der Waals surface area contributed by atoms with Crippen LogP contribution >= 0.6 is 12.2 Å². The summed E-state index contributed by atoms with van der Waals surface area (Å²) in [5.74, 6) is 0.